The first-order chi connectivity index (χ1) is 15.0. The van der Waals surface area contributed by atoms with Crippen LogP contribution in [0.2, 0.25) is 0 Å². The Balaban J connectivity index is 1.60. The molecule has 0 saturated carbocycles. The third-order valence-electron chi connectivity index (χ3n) is 4.92. The summed E-state index contributed by atoms with van der Waals surface area (Å²) in [6.07, 6.45) is 6.37. The number of benzene rings is 2. The van der Waals surface area contributed by atoms with Crippen LogP contribution < -0.4 is 9.64 Å². The van der Waals surface area contributed by atoms with Crippen molar-refractivity contribution < 1.29 is 9.53 Å². The molecule has 2 heterocycles. The van der Waals surface area contributed by atoms with E-state index in [2.05, 4.69) is 11.1 Å². The monoisotopic (exact) mass is 434 g/mol. The number of ether oxygens (including phenoxy) is 1. The van der Waals surface area contributed by atoms with E-state index >= 15 is 0 Å². The number of amides is 1. The Hall–Kier alpha value is -3.19. The van der Waals surface area contributed by atoms with Crippen LogP contribution in [-0.4, -0.2) is 33.1 Å². The maximum atomic E-state index is 13.5. The Morgan fingerprint density at radius 2 is 2.00 bits per heavy atom. The lowest BCUT2D eigenvalue weighted by molar-refractivity contribution is 0.0986. The summed E-state index contributed by atoms with van der Waals surface area (Å²) in [6, 6.07) is 13.5. The maximum Gasteiger partial charge on any atom is 0.260 e. The summed E-state index contributed by atoms with van der Waals surface area (Å²) in [4.78, 5) is 24.2. The smallest absolute Gasteiger partial charge is 0.260 e. The molecule has 0 radical (unpaired) electrons. The SMILES string of the molecule is Cc1cccc2sc(N(CCCn3ccnc3)C(=O)c3ccc(OC(C)C)cc3)nc12. The summed E-state index contributed by atoms with van der Waals surface area (Å²) in [5.41, 5.74) is 2.69. The minimum Gasteiger partial charge on any atom is -0.491 e. The van der Waals surface area contributed by atoms with Crippen LogP contribution in [0.3, 0.4) is 0 Å². The molecular formula is C24H26N4O2S. The summed E-state index contributed by atoms with van der Waals surface area (Å²) in [5, 5.41) is 0.724. The molecule has 160 valence electrons. The van der Waals surface area contributed by atoms with Gasteiger partial charge in [0.2, 0.25) is 0 Å². The summed E-state index contributed by atoms with van der Waals surface area (Å²) in [7, 11) is 0. The van der Waals surface area contributed by atoms with Gasteiger partial charge in [0.05, 0.1) is 22.6 Å². The number of anilines is 1. The van der Waals surface area contributed by atoms with Crippen molar-refractivity contribution in [2.24, 2.45) is 0 Å². The number of hydrogen-bond acceptors (Lipinski definition) is 5. The van der Waals surface area contributed by atoms with Crippen LogP contribution in [0.4, 0.5) is 5.13 Å². The van der Waals surface area contributed by atoms with Crippen LogP contribution in [0.5, 0.6) is 5.75 Å². The predicted molar refractivity (Wildman–Crippen MR) is 125 cm³/mol. The lowest BCUT2D eigenvalue weighted by atomic mass is 10.2. The van der Waals surface area contributed by atoms with E-state index in [0.717, 1.165) is 39.6 Å². The normalized spacial score (nSPS) is 11.2. The van der Waals surface area contributed by atoms with Crippen molar-refractivity contribution in [3.63, 3.8) is 0 Å². The van der Waals surface area contributed by atoms with Gasteiger partial charge in [0.1, 0.15) is 5.75 Å². The van der Waals surface area contributed by atoms with Gasteiger partial charge < -0.3 is 9.30 Å². The average Bonchev–Trinajstić information content (AvgIpc) is 3.41. The van der Waals surface area contributed by atoms with Crippen molar-refractivity contribution in [2.45, 2.75) is 39.8 Å². The highest BCUT2D eigenvalue weighted by Crippen LogP contribution is 2.31. The fourth-order valence-corrected chi connectivity index (χ4v) is 4.48. The standard InChI is InChI=1S/C24H26N4O2S/c1-17(2)30-20-10-8-19(9-11-20)23(29)28(14-5-13-27-15-12-25-16-27)24-26-22-18(3)6-4-7-21(22)31-24/h4,6-12,15-17H,5,13-14H2,1-3H3. The number of aryl methyl sites for hydroxylation is 2. The van der Waals surface area contributed by atoms with E-state index in [1.54, 1.807) is 28.8 Å². The van der Waals surface area contributed by atoms with E-state index in [4.69, 9.17) is 9.72 Å². The highest BCUT2D eigenvalue weighted by atomic mass is 32.1. The Kier molecular flexibility index (Phi) is 6.32. The van der Waals surface area contributed by atoms with Crippen LogP contribution in [0, 0.1) is 6.92 Å². The van der Waals surface area contributed by atoms with E-state index in [9.17, 15) is 4.79 Å². The first-order valence-corrected chi connectivity index (χ1v) is 11.2. The number of carbonyl (C=O) groups is 1. The second-order valence-electron chi connectivity index (χ2n) is 7.72. The minimum absolute atomic E-state index is 0.0570. The number of rotatable bonds is 8. The van der Waals surface area contributed by atoms with E-state index in [0.29, 0.717) is 12.1 Å². The van der Waals surface area contributed by atoms with Crippen molar-refractivity contribution in [1.82, 2.24) is 14.5 Å². The summed E-state index contributed by atoms with van der Waals surface area (Å²) >= 11 is 1.55. The molecule has 0 fully saturated rings. The first kappa shape index (κ1) is 21.1. The van der Waals surface area contributed by atoms with Crippen molar-refractivity contribution in [3.8, 4) is 5.75 Å². The zero-order chi connectivity index (χ0) is 21.8. The van der Waals surface area contributed by atoms with Crippen molar-refractivity contribution in [1.29, 1.82) is 0 Å². The third kappa shape index (κ3) is 4.94. The van der Waals surface area contributed by atoms with Crippen molar-refractivity contribution in [3.05, 3.63) is 72.3 Å². The molecule has 2 aromatic carbocycles. The first-order valence-electron chi connectivity index (χ1n) is 10.4. The summed E-state index contributed by atoms with van der Waals surface area (Å²) < 4.78 is 8.81. The number of aromatic nitrogens is 3. The van der Waals surface area contributed by atoms with Gasteiger partial charge in [-0.1, -0.05) is 23.5 Å². The molecule has 0 atom stereocenters. The van der Waals surface area contributed by atoms with Gasteiger partial charge in [0.25, 0.3) is 5.91 Å². The molecule has 0 spiro atoms. The number of para-hydroxylation sites is 1. The van der Waals surface area contributed by atoms with E-state index < -0.39 is 0 Å². The number of thiazole rings is 1. The van der Waals surface area contributed by atoms with Crippen molar-refractivity contribution in [2.75, 3.05) is 11.4 Å². The van der Waals surface area contributed by atoms with E-state index in [1.165, 1.54) is 0 Å². The molecule has 0 aliphatic carbocycles. The quantitative estimate of drug-likeness (QED) is 0.376. The molecule has 4 aromatic rings. The predicted octanol–water partition coefficient (Wildman–Crippen LogP) is 5.33. The van der Waals surface area contributed by atoms with Crippen LogP contribution in [0.15, 0.2) is 61.2 Å². The molecule has 2 aromatic heterocycles. The molecule has 0 aliphatic heterocycles. The third-order valence-corrected chi connectivity index (χ3v) is 5.96. The molecule has 6 nitrogen and oxygen atoms in total. The van der Waals surface area contributed by atoms with Gasteiger partial charge in [-0.25, -0.2) is 9.97 Å². The Bertz CT molecular complexity index is 1150. The van der Waals surface area contributed by atoms with Crippen LogP contribution >= 0.6 is 11.3 Å². The molecule has 7 heteroatoms. The largest absolute Gasteiger partial charge is 0.491 e. The van der Waals surface area contributed by atoms with Gasteiger partial charge in [-0.2, -0.15) is 0 Å². The molecule has 0 aliphatic rings. The molecule has 0 bridgehead atoms. The highest BCUT2D eigenvalue weighted by Gasteiger charge is 2.21. The number of carbonyl (C=O) groups excluding carboxylic acids is 1. The molecule has 0 unspecified atom stereocenters. The molecular weight excluding hydrogens is 408 g/mol. The average molecular weight is 435 g/mol. The zero-order valence-corrected chi connectivity index (χ0v) is 18.8. The maximum absolute atomic E-state index is 13.5. The fourth-order valence-electron chi connectivity index (χ4n) is 3.41. The van der Waals surface area contributed by atoms with Crippen molar-refractivity contribution >= 4 is 32.6 Å². The summed E-state index contributed by atoms with van der Waals surface area (Å²) in [6.45, 7) is 7.37. The Morgan fingerprint density at radius 1 is 1.19 bits per heavy atom. The van der Waals surface area contributed by atoms with Gasteiger partial charge >= 0.3 is 0 Å². The van der Waals surface area contributed by atoms with Gasteiger partial charge in [-0.3, -0.25) is 9.69 Å². The van der Waals surface area contributed by atoms with Crippen LogP contribution in [0.25, 0.3) is 10.2 Å². The molecule has 4 rings (SSSR count). The Labute approximate surface area is 186 Å². The van der Waals surface area contributed by atoms with Crippen LogP contribution in [-0.2, 0) is 6.54 Å². The number of nitrogens with zero attached hydrogens (tertiary/aromatic N) is 4. The topological polar surface area (TPSA) is 60.2 Å². The van der Waals surface area contributed by atoms with Crippen LogP contribution in [0.1, 0.15) is 36.2 Å². The Morgan fingerprint density at radius 3 is 2.68 bits per heavy atom. The summed E-state index contributed by atoms with van der Waals surface area (Å²) in [5.74, 6) is 0.701. The lowest BCUT2D eigenvalue weighted by Gasteiger charge is -2.20. The second-order valence-corrected chi connectivity index (χ2v) is 8.73. The zero-order valence-electron chi connectivity index (χ0n) is 18.0. The molecule has 1 amide bonds. The highest BCUT2D eigenvalue weighted by molar-refractivity contribution is 7.22. The molecule has 31 heavy (non-hydrogen) atoms. The van der Waals surface area contributed by atoms with Gasteiger partial charge in [0, 0.05) is 31.0 Å². The fraction of sp³-hybridized carbons (Fsp3) is 0.292. The van der Waals surface area contributed by atoms with E-state index in [1.807, 2.05) is 67.9 Å². The number of imidazole rings is 1. The minimum atomic E-state index is -0.0570. The number of hydrogen-bond donors (Lipinski definition) is 0. The number of fused-ring (bicyclic) bond motifs is 1. The lowest BCUT2D eigenvalue weighted by Crippen LogP contribution is -2.32. The van der Waals surface area contributed by atoms with Gasteiger partial charge in [-0.05, 0) is 63.1 Å². The second kappa shape index (κ2) is 9.31. The van der Waals surface area contributed by atoms with Gasteiger partial charge in [-0.15, -0.1) is 0 Å². The van der Waals surface area contributed by atoms with Gasteiger partial charge in [0.15, 0.2) is 5.13 Å². The molecule has 0 saturated heterocycles. The van der Waals surface area contributed by atoms with E-state index in [-0.39, 0.29) is 12.0 Å². The molecule has 0 N–H and O–H groups in total.